The fourth-order valence-electron chi connectivity index (χ4n) is 5.02. The Hall–Kier alpha value is -4.86. The molecule has 1 amide bonds. The van der Waals surface area contributed by atoms with Crippen LogP contribution in [0.1, 0.15) is 29.2 Å². The summed E-state index contributed by atoms with van der Waals surface area (Å²) in [7, 11) is 8.91. The second kappa shape index (κ2) is 12.5. The summed E-state index contributed by atoms with van der Waals surface area (Å²) in [6.07, 6.45) is 4.00. The number of methoxy groups -OCH3 is 6. The first-order valence-electron chi connectivity index (χ1n) is 12.8. The Labute approximate surface area is 238 Å². The molecule has 3 aromatic carbocycles. The normalized spacial score (nSPS) is 13.9. The van der Waals surface area contributed by atoms with Crippen molar-refractivity contribution >= 4 is 12.0 Å². The standard InChI is InChI=1S/C31H33NO9/c1-36-23-11-9-19-20(16-22(23)33)21(10-8-18-15-26(39-4)30(40-5)31(41-6)28(18)19)32-27(34)12-7-17-13-24(37-2)29(35)25(14-17)38-3/h7,9,11-16,21,35H,8,10H2,1-6H3,(H,32,34)/b12-7+/t21-/m0/s1. The van der Waals surface area contributed by atoms with Gasteiger partial charge in [0.25, 0.3) is 0 Å². The van der Waals surface area contributed by atoms with Gasteiger partial charge in [0.15, 0.2) is 28.7 Å². The van der Waals surface area contributed by atoms with Crippen LogP contribution in [0.2, 0.25) is 0 Å². The predicted molar refractivity (Wildman–Crippen MR) is 154 cm³/mol. The molecular formula is C31H33NO9. The average molecular weight is 564 g/mol. The monoisotopic (exact) mass is 563 g/mol. The smallest absolute Gasteiger partial charge is 0.244 e. The van der Waals surface area contributed by atoms with Crippen molar-refractivity contribution in [2.24, 2.45) is 0 Å². The van der Waals surface area contributed by atoms with E-state index in [9.17, 15) is 14.7 Å². The molecule has 2 N–H and O–H groups in total. The largest absolute Gasteiger partial charge is 0.502 e. The van der Waals surface area contributed by atoms with Crippen molar-refractivity contribution in [3.05, 3.63) is 69.4 Å². The second-order valence-electron chi connectivity index (χ2n) is 9.17. The fourth-order valence-corrected chi connectivity index (χ4v) is 5.02. The van der Waals surface area contributed by atoms with E-state index in [0.717, 1.165) is 11.1 Å². The third-order valence-electron chi connectivity index (χ3n) is 6.97. The number of rotatable bonds is 9. The first-order valence-corrected chi connectivity index (χ1v) is 12.8. The molecule has 10 heteroatoms. The van der Waals surface area contributed by atoms with E-state index in [1.165, 1.54) is 40.6 Å². The van der Waals surface area contributed by atoms with E-state index in [4.69, 9.17) is 28.4 Å². The van der Waals surface area contributed by atoms with Crippen molar-refractivity contribution in [1.82, 2.24) is 5.32 Å². The van der Waals surface area contributed by atoms with E-state index in [0.29, 0.717) is 46.8 Å². The molecule has 41 heavy (non-hydrogen) atoms. The number of nitrogens with one attached hydrogen (secondary N) is 1. The van der Waals surface area contributed by atoms with Crippen LogP contribution in [0.15, 0.2) is 47.3 Å². The van der Waals surface area contributed by atoms with E-state index in [-0.39, 0.29) is 34.3 Å². The number of phenols is 1. The van der Waals surface area contributed by atoms with Crippen LogP contribution in [0, 0.1) is 0 Å². The van der Waals surface area contributed by atoms with Gasteiger partial charge in [-0.15, -0.1) is 0 Å². The molecule has 4 rings (SSSR count). The van der Waals surface area contributed by atoms with Crippen molar-refractivity contribution in [2.75, 3.05) is 42.7 Å². The Morgan fingerprint density at radius 2 is 1.46 bits per heavy atom. The van der Waals surface area contributed by atoms with E-state index >= 15 is 0 Å². The summed E-state index contributed by atoms with van der Waals surface area (Å²) >= 11 is 0. The van der Waals surface area contributed by atoms with Crippen LogP contribution in [0.4, 0.5) is 0 Å². The van der Waals surface area contributed by atoms with E-state index < -0.39 is 6.04 Å². The molecule has 1 aliphatic carbocycles. The highest BCUT2D eigenvalue weighted by molar-refractivity contribution is 5.92. The number of amides is 1. The van der Waals surface area contributed by atoms with Crippen LogP contribution < -0.4 is 39.2 Å². The topological polar surface area (TPSA) is 122 Å². The van der Waals surface area contributed by atoms with Gasteiger partial charge in [0.2, 0.25) is 22.8 Å². The van der Waals surface area contributed by atoms with Gasteiger partial charge in [-0.25, -0.2) is 0 Å². The minimum Gasteiger partial charge on any atom is -0.502 e. The Kier molecular flexibility index (Phi) is 8.91. The number of hydrogen-bond donors (Lipinski definition) is 2. The lowest BCUT2D eigenvalue weighted by atomic mass is 9.95. The molecule has 0 heterocycles. The summed E-state index contributed by atoms with van der Waals surface area (Å²) in [5.41, 5.74) is 3.22. The molecule has 0 saturated heterocycles. The van der Waals surface area contributed by atoms with Crippen molar-refractivity contribution in [1.29, 1.82) is 0 Å². The van der Waals surface area contributed by atoms with Gasteiger partial charge in [0, 0.05) is 11.6 Å². The lowest BCUT2D eigenvalue weighted by Gasteiger charge is -2.19. The van der Waals surface area contributed by atoms with Gasteiger partial charge in [0.05, 0.1) is 48.7 Å². The molecule has 0 radical (unpaired) electrons. The number of ether oxygens (including phenoxy) is 6. The highest BCUT2D eigenvalue weighted by atomic mass is 16.5. The number of fused-ring (bicyclic) bond motifs is 3. The summed E-state index contributed by atoms with van der Waals surface area (Å²) in [5.74, 6) is 1.47. The third-order valence-corrected chi connectivity index (χ3v) is 6.97. The quantitative estimate of drug-likeness (QED) is 0.367. The van der Waals surface area contributed by atoms with Crippen molar-refractivity contribution in [3.63, 3.8) is 0 Å². The molecule has 0 aliphatic heterocycles. The van der Waals surface area contributed by atoms with Gasteiger partial charge < -0.3 is 38.8 Å². The zero-order chi connectivity index (χ0) is 29.7. The predicted octanol–water partition coefficient (Wildman–Crippen LogP) is 4.29. The first kappa shape index (κ1) is 29.1. The summed E-state index contributed by atoms with van der Waals surface area (Å²) < 4.78 is 32.7. The van der Waals surface area contributed by atoms with E-state index in [2.05, 4.69) is 5.32 Å². The maximum absolute atomic E-state index is 13.2. The number of aromatic hydroxyl groups is 1. The number of benzene rings is 2. The molecule has 10 nitrogen and oxygen atoms in total. The van der Waals surface area contributed by atoms with Gasteiger partial charge in [-0.05, 0) is 71.5 Å². The lowest BCUT2D eigenvalue weighted by Crippen LogP contribution is -2.27. The maximum Gasteiger partial charge on any atom is 0.244 e. The molecule has 0 spiro atoms. The summed E-state index contributed by atoms with van der Waals surface area (Å²) in [5, 5.41) is 13.2. The van der Waals surface area contributed by atoms with Crippen LogP contribution in [0.25, 0.3) is 17.2 Å². The van der Waals surface area contributed by atoms with E-state index in [1.807, 2.05) is 6.07 Å². The van der Waals surface area contributed by atoms with Gasteiger partial charge in [-0.2, -0.15) is 0 Å². The summed E-state index contributed by atoms with van der Waals surface area (Å²) in [6, 6.07) is 9.42. The van der Waals surface area contributed by atoms with Crippen LogP contribution >= 0.6 is 0 Å². The SMILES string of the molecule is COc1cc(/C=C/C(=O)N[C@H]2CCc3cc(OC)c(OC)c(OC)c3-c3ccc(OC)c(=O)cc32)cc(OC)c1O. The Morgan fingerprint density at radius 1 is 0.829 bits per heavy atom. The second-order valence-corrected chi connectivity index (χ2v) is 9.17. The highest BCUT2D eigenvalue weighted by Gasteiger charge is 2.29. The van der Waals surface area contributed by atoms with Crippen molar-refractivity contribution in [3.8, 4) is 51.4 Å². The minimum absolute atomic E-state index is 0.133. The molecule has 0 fully saturated rings. The minimum atomic E-state index is -0.523. The van der Waals surface area contributed by atoms with Crippen molar-refractivity contribution in [2.45, 2.75) is 18.9 Å². The molecule has 1 atom stereocenters. The fraction of sp³-hybridized carbons (Fsp3) is 0.290. The number of aryl methyl sites for hydroxylation is 1. The third kappa shape index (κ3) is 5.72. The Morgan fingerprint density at radius 3 is 2.05 bits per heavy atom. The molecular weight excluding hydrogens is 530 g/mol. The maximum atomic E-state index is 13.2. The number of carbonyl (C=O) groups is 1. The van der Waals surface area contributed by atoms with Crippen molar-refractivity contribution < 1.29 is 38.3 Å². The first-order chi connectivity index (χ1) is 19.8. The van der Waals surface area contributed by atoms with E-state index in [1.54, 1.807) is 44.6 Å². The average Bonchev–Trinajstić information content (AvgIpc) is 3.23. The van der Waals surface area contributed by atoms with Gasteiger partial charge in [-0.3, -0.25) is 9.59 Å². The summed E-state index contributed by atoms with van der Waals surface area (Å²) in [4.78, 5) is 26.2. The number of hydrogen-bond acceptors (Lipinski definition) is 9. The van der Waals surface area contributed by atoms with Gasteiger partial charge in [0.1, 0.15) is 0 Å². The molecule has 0 bridgehead atoms. The molecule has 0 saturated carbocycles. The summed E-state index contributed by atoms with van der Waals surface area (Å²) in [6.45, 7) is 0. The lowest BCUT2D eigenvalue weighted by molar-refractivity contribution is -0.117. The zero-order valence-corrected chi connectivity index (χ0v) is 23.8. The van der Waals surface area contributed by atoms with Crippen LogP contribution in [0.5, 0.6) is 40.2 Å². The van der Waals surface area contributed by atoms with Gasteiger partial charge >= 0.3 is 0 Å². The van der Waals surface area contributed by atoms with Crippen LogP contribution in [-0.4, -0.2) is 53.7 Å². The molecule has 3 aromatic rings. The van der Waals surface area contributed by atoms with Gasteiger partial charge in [-0.1, -0.05) is 6.07 Å². The van der Waals surface area contributed by atoms with Crippen LogP contribution in [-0.2, 0) is 11.2 Å². The Balaban J connectivity index is 1.79. The molecule has 0 aromatic heterocycles. The highest BCUT2D eigenvalue weighted by Crippen LogP contribution is 2.50. The molecule has 216 valence electrons. The van der Waals surface area contributed by atoms with Crippen LogP contribution in [0.3, 0.4) is 0 Å². The Bertz CT molecular complexity index is 1520. The number of phenolic OH excluding ortho intramolecular Hbond substituents is 1. The zero-order valence-electron chi connectivity index (χ0n) is 23.8. The molecule has 0 unspecified atom stereocenters. The number of carbonyl (C=O) groups excluding carboxylic acids is 1. The molecule has 1 aliphatic rings.